The van der Waals surface area contributed by atoms with Gasteiger partial charge in [0.05, 0.1) is 6.61 Å². The second-order valence-corrected chi connectivity index (χ2v) is 9.10. The van der Waals surface area contributed by atoms with Gasteiger partial charge in [0, 0.05) is 46.0 Å². The largest absolute Gasteiger partial charge is 0.490 e. The first-order valence-electron chi connectivity index (χ1n) is 11.3. The normalized spacial score (nSPS) is 10.8. The van der Waals surface area contributed by atoms with Crippen LogP contribution in [0.5, 0.6) is 11.5 Å². The van der Waals surface area contributed by atoms with Crippen LogP contribution < -0.4 is 20.1 Å². The summed E-state index contributed by atoms with van der Waals surface area (Å²) in [6.07, 6.45) is 0.484. The Labute approximate surface area is 211 Å². The summed E-state index contributed by atoms with van der Waals surface area (Å²) >= 11 is 12.8. The lowest BCUT2D eigenvalue weighted by Gasteiger charge is -2.16. The Bertz CT molecular complexity index is 1120. The van der Waals surface area contributed by atoms with Crippen LogP contribution in [0.1, 0.15) is 38.3 Å². The van der Waals surface area contributed by atoms with Gasteiger partial charge in [-0.3, -0.25) is 4.79 Å². The van der Waals surface area contributed by atoms with Crippen molar-refractivity contribution in [2.24, 2.45) is 5.92 Å². The minimum absolute atomic E-state index is 0.00364. The monoisotopic (exact) mass is 500 g/mol. The number of carbonyl (C=O) groups excluding carboxylic acids is 1. The number of anilines is 2. The van der Waals surface area contributed by atoms with Crippen molar-refractivity contribution in [1.29, 1.82) is 0 Å². The number of hydrogen-bond donors (Lipinski definition) is 2. The van der Waals surface area contributed by atoms with E-state index in [1.165, 1.54) is 0 Å². The Kier molecular flexibility index (Phi) is 9.49. The lowest BCUT2D eigenvalue weighted by Crippen LogP contribution is -2.14. The zero-order valence-corrected chi connectivity index (χ0v) is 21.2. The minimum atomic E-state index is 0.00364. The van der Waals surface area contributed by atoms with Crippen LogP contribution in [0.25, 0.3) is 0 Å². The van der Waals surface area contributed by atoms with Crippen molar-refractivity contribution >= 4 is 40.5 Å². The van der Waals surface area contributed by atoms with Gasteiger partial charge in [0.2, 0.25) is 5.91 Å². The van der Waals surface area contributed by atoms with Crippen LogP contribution in [-0.4, -0.2) is 12.5 Å². The predicted octanol–water partition coefficient (Wildman–Crippen LogP) is 7.57. The van der Waals surface area contributed by atoms with Gasteiger partial charge in [-0.15, -0.1) is 0 Å². The molecule has 180 valence electrons. The topological polar surface area (TPSA) is 59.6 Å². The quantitative estimate of drug-likeness (QED) is 0.285. The molecule has 0 spiro atoms. The molecule has 0 unspecified atom stereocenters. The lowest BCUT2D eigenvalue weighted by molar-refractivity contribution is -0.116. The van der Waals surface area contributed by atoms with E-state index in [-0.39, 0.29) is 5.91 Å². The molecule has 3 aromatic rings. The van der Waals surface area contributed by atoms with E-state index in [9.17, 15) is 4.79 Å². The summed E-state index contributed by atoms with van der Waals surface area (Å²) in [5.74, 6) is 1.49. The van der Waals surface area contributed by atoms with Gasteiger partial charge in [0.1, 0.15) is 6.61 Å². The van der Waals surface area contributed by atoms with Gasteiger partial charge in [-0.05, 0) is 48.7 Å². The summed E-state index contributed by atoms with van der Waals surface area (Å²) in [6.45, 7) is 7.24. The fraction of sp³-hybridized carbons (Fsp3) is 0.296. The third-order valence-electron chi connectivity index (χ3n) is 4.98. The van der Waals surface area contributed by atoms with E-state index >= 15 is 0 Å². The summed E-state index contributed by atoms with van der Waals surface area (Å²) in [5, 5.41) is 7.51. The molecule has 0 bridgehead atoms. The highest BCUT2D eigenvalue weighted by molar-refractivity contribution is 6.31. The molecule has 7 heteroatoms. The van der Waals surface area contributed by atoms with Gasteiger partial charge in [0.25, 0.3) is 0 Å². The van der Waals surface area contributed by atoms with Crippen molar-refractivity contribution in [2.45, 2.75) is 40.3 Å². The number of nitrogens with one attached hydrogen (secondary N) is 2. The molecule has 0 aliphatic carbocycles. The molecule has 5 nitrogen and oxygen atoms in total. The fourth-order valence-corrected chi connectivity index (χ4v) is 3.76. The molecule has 34 heavy (non-hydrogen) atoms. The van der Waals surface area contributed by atoms with Crippen LogP contribution in [0, 0.1) is 5.92 Å². The minimum Gasteiger partial charge on any atom is -0.490 e. The van der Waals surface area contributed by atoms with Crippen molar-refractivity contribution in [2.75, 3.05) is 17.2 Å². The van der Waals surface area contributed by atoms with Gasteiger partial charge < -0.3 is 20.1 Å². The first kappa shape index (κ1) is 25.7. The summed E-state index contributed by atoms with van der Waals surface area (Å²) in [7, 11) is 0. The van der Waals surface area contributed by atoms with E-state index in [0.29, 0.717) is 53.6 Å². The first-order chi connectivity index (χ1) is 16.4. The average molecular weight is 501 g/mol. The smallest absolute Gasteiger partial charge is 0.224 e. The Hall–Kier alpha value is -2.89. The van der Waals surface area contributed by atoms with Gasteiger partial charge in [-0.2, -0.15) is 0 Å². The highest BCUT2D eigenvalue weighted by Gasteiger charge is 2.13. The number of halogens is 2. The molecule has 0 aliphatic heterocycles. The zero-order valence-electron chi connectivity index (χ0n) is 19.7. The van der Waals surface area contributed by atoms with E-state index in [2.05, 4.69) is 10.6 Å². The fourth-order valence-electron chi connectivity index (χ4n) is 3.35. The van der Waals surface area contributed by atoms with Crippen LogP contribution in [-0.2, 0) is 17.9 Å². The molecule has 1 amide bonds. The van der Waals surface area contributed by atoms with Gasteiger partial charge in [-0.1, -0.05) is 61.3 Å². The molecule has 0 saturated heterocycles. The lowest BCUT2D eigenvalue weighted by atomic mass is 10.1. The third kappa shape index (κ3) is 7.57. The zero-order chi connectivity index (χ0) is 24.5. The second kappa shape index (κ2) is 12.5. The number of hydrogen-bond acceptors (Lipinski definition) is 4. The average Bonchev–Trinajstić information content (AvgIpc) is 2.79. The molecular weight excluding hydrogens is 471 g/mol. The van der Waals surface area contributed by atoms with E-state index in [1.54, 1.807) is 6.07 Å². The summed E-state index contributed by atoms with van der Waals surface area (Å²) < 4.78 is 11.8. The summed E-state index contributed by atoms with van der Waals surface area (Å²) in [4.78, 5) is 12.1. The molecule has 0 aliphatic rings. The summed E-state index contributed by atoms with van der Waals surface area (Å²) in [6, 6.07) is 18.8. The highest BCUT2D eigenvalue weighted by atomic mass is 35.5. The number of benzene rings is 3. The maximum atomic E-state index is 12.1. The Morgan fingerprint density at radius 3 is 2.35 bits per heavy atom. The molecule has 0 atom stereocenters. The third-order valence-corrected chi connectivity index (χ3v) is 5.70. The molecule has 0 aromatic heterocycles. The summed E-state index contributed by atoms with van der Waals surface area (Å²) in [5.41, 5.74) is 3.37. The molecule has 0 heterocycles. The molecule has 3 aromatic carbocycles. The Morgan fingerprint density at radius 2 is 1.62 bits per heavy atom. The number of ether oxygens (including phenoxy) is 2. The van der Waals surface area contributed by atoms with Gasteiger partial charge >= 0.3 is 0 Å². The van der Waals surface area contributed by atoms with Crippen molar-refractivity contribution in [3.8, 4) is 11.5 Å². The van der Waals surface area contributed by atoms with Crippen LogP contribution >= 0.6 is 23.2 Å². The highest BCUT2D eigenvalue weighted by Crippen LogP contribution is 2.35. The molecule has 3 rings (SSSR count). The molecule has 0 fully saturated rings. The number of amides is 1. The van der Waals surface area contributed by atoms with E-state index in [1.807, 2.05) is 75.4 Å². The second-order valence-electron chi connectivity index (χ2n) is 8.28. The predicted molar refractivity (Wildman–Crippen MR) is 140 cm³/mol. The van der Waals surface area contributed by atoms with E-state index in [4.69, 9.17) is 32.7 Å². The van der Waals surface area contributed by atoms with Crippen molar-refractivity contribution < 1.29 is 14.3 Å². The van der Waals surface area contributed by atoms with Crippen LogP contribution in [0.4, 0.5) is 11.4 Å². The molecule has 0 radical (unpaired) electrons. The number of rotatable bonds is 11. The standard InChI is InChI=1S/C27H30Cl2N2O3/c1-4-33-25-13-20(24(29)15-26(25)34-17-19-8-5-6-11-23(19)28)16-30-21-9-7-10-22(14-21)31-27(32)12-18(2)3/h5-11,13-15,18,30H,4,12,16-17H2,1-3H3,(H,31,32). The van der Waals surface area contributed by atoms with Crippen LogP contribution in [0.15, 0.2) is 60.7 Å². The van der Waals surface area contributed by atoms with E-state index < -0.39 is 0 Å². The van der Waals surface area contributed by atoms with Crippen LogP contribution in [0.3, 0.4) is 0 Å². The Morgan fingerprint density at radius 1 is 0.882 bits per heavy atom. The van der Waals surface area contributed by atoms with Crippen molar-refractivity contribution in [3.63, 3.8) is 0 Å². The van der Waals surface area contributed by atoms with Gasteiger partial charge in [-0.25, -0.2) is 0 Å². The number of carbonyl (C=O) groups is 1. The maximum Gasteiger partial charge on any atom is 0.224 e. The SMILES string of the molecule is CCOc1cc(CNc2cccc(NC(=O)CC(C)C)c2)c(Cl)cc1OCc1ccccc1Cl. The Balaban J connectivity index is 1.69. The van der Waals surface area contributed by atoms with E-state index in [0.717, 1.165) is 22.5 Å². The van der Waals surface area contributed by atoms with Crippen molar-refractivity contribution in [3.05, 3.63) is 81.8 Å². The van der Waals surface area contributed by atoms with Crippen molar-refractivity contribution in [1.82, 2.24) is 0 Å². The molecule has 2 N–H and O–H groups in total. The van der Waals surface area contributed by atoms with Crippen LogP contribution in [0.2, 0.25) is 10.0 Å². The molecular formula is C27H30Cl2N2O3. The van der Waals surface area contributed by atoms with Gasteiger partial charge in [0.15, 0.2) is 11.5 Å². The first-order valence-corrected chi connectivity index (χ1v) is 12.1. The molecule has 0 saturated carbocycles. The maximum absolute atomic E-state index is 12.1.